The first-order valence-electron chi connectivity index (χ1n) is 9.59. The summed E-state index contributed by atoms with van der Waals surface area (Å²) < 4.78 is 18.5. The number of aryl methyl sites for hydroxylation is 3. The van der Waals surface area contributed by atoms with E-state index in [1.807, 2.05) is 31.2 Å². The van der Waals surface area contributed by atoms with Crippen LogP contribution in [-0.2, 0) is 12.8 Å². The number of hydrogen-bond donors (Lipinski definition) is 0. The molecule has 0 saturated carbocycles. The zero-order valence-corrected chi connectivity index (χ0v) is 17.1. The van der Waals surface area contributed by atoms with E-state index in [-0.39, 0.29) is 5.43 Å². The number of methoxy groups -OCH3 is 3. The molecule has 29 heavy (non-hydrogen) atoms. The van der Waals surface area contributed by atoms with Crippen LogP contribution in [0.15, 0.2) is 41.3 Å². The Balaban J connectivity index is 2.02. The molecule has 6 nitrogen and oxygen atoms in total. The Morgan fingerprint density at radius 2 is 1.69 bits per heavy atom. The van der Waals surface area contributed by atoms with Crippen molar-refractivity contribution in [3.63, 3.8) is 0 Å². The Hall–Kier alpha value is -3.28. The summed E-state index contributed by atoms with van der Waals surface area (Å²) in [6.45, 7) is 1.90. The van der Waals surface area contributed by atoms with Gasteiger partial charge in [0.15, 0.2) is 11.5 Å². The topological polar surface area (TPSA) is 62.6 Å². The van der Waals surface area contributed by atoms with Gasteiger partial charge in [0, 0.05) is 11.8 Å². The van der Waals surface area contributed by atoms with Crippen LogP contribution in [0.25, 0.3) is 16.8 Å². The molecule has 0 N–H and O–H groups in total. The van der Waals surface area contributed by atoms with Gasteiger partial charge in [-0.2, -0.15) is 5.10 Å². The quantitative estimate of drug-likeness (QED) is 0.677. The molecule has 0 spiro atoms. The van der Waals surface area contributed by atoms with Crippen molar-refractivity contribution in [3.8, 4) is 34.1 Å². The summed E-state index contributed by atoms with van der Waals surface area (Å²) in [7, 11) is 4.85. The van der Waals surface area contributed by atoms with Crippen LogP contribution in [0.5, 0.6) is 17.2 Å². The van der Waals surface area contributed by atoms with E-state index in [9.17, 15) is 4.79 Å². The molecule has 4 rings (SSSR count). The molecule has 0 saturated heterocycles. The number of fused-ring (bicyclic) bond motifs is 3. The number of ether oxygens (including phenoxy) is 3. The smallest absolute Gasteiger partial charge is 0.204 e. The third-order valence-electron chi connectivity index (χ3n) is 5.35. The third-order valence-corrected chi connectivity index (χ3v) is 5.35. The van der Waals surface area contributed by atoms with Crippen LogP contribution in [0.4, 0.5) is 0 Å². The molecule has 150 valence electrons. The second-order valence-corrected chi connectivity index (χ2v) is 7.10. The van der Waals surface area contributed by atoms with Crippen LogP contribution in [0.3, 0.4) is 0 Å². The highest BCUT2D eigenvalue weighted by molar-refractivity contribution is 5.82. The molecule has 1 aliphatic rings. The van der Waals surface area contributed by atoms with Gasteiger partial charge in [0.25, 0.3) is 0 Å². The average molecular weight is 392 g/mol. The van der Waals surface area contributed by atoms with Crippen molar-refractivity contribution in [3.05, 3.63) is 63.6 Å². The maximum Gasteiger partial charge on any atom is 0.204 e. The van der Waals surface area contributed by atoms with Crippen LogP contribution in [0.2, 0.25) is 0 Å². The molecular weight excluding hydrogens is 368 g/mol. The van der Waals surface area contributed by atoms with E-state index in [0.717, 1.165) is 47.2 Å². The van der Waals surface area contributed by atoms with E-state index >= 15 is 0 Å². The van der Waals surface area contributed by atoms with Gasteiger partial charge >= 0.3 is 0 Å². The summed E-state index contributed by atoms with van der Waals surface area (Å²) in [5.41, 5.74) is 5.37. The Bertz CT molecular complexity index is 1130. The Morgan fingerprint density at radius 1 is 0.931 bits per heavy atom. The molecule has 0 fully saturated rings. The minimum absolute atomic E-state index is 0.0581. The average Bonchev–Trinajstić information content (AvgIpc) is 2.98. The largest absolute Gasteiger partial charge is 0.493 e. The van der Waals surface area contributed by atoms with E-state index in [2.05, 4.69) is 5.10 Å². The van der Waals surface area contributed by atoms with Crippen LogP contribution in [0.1, 0.15) is 23.2 Å². The first-order chi connectivity index (χ1) is 14.1. The molecule has 3 aromatic rings. The number of hydrogen-bond acceptors (Lipinski definition) is 5. The highest BCUT2D eigenvalue weighted by atomic mass is 16.5. The molecule has 1 aliphatic carbocycles. The highest BCUT2D eigenvalue weighted by Gasteiger charge is 2.25. The van der Waals surface area contributed by atoms with Crippen molar-refractivity contribution >= 4 is 0 Å². The standard InChI is InChI=1S/C23H24N2O4/c1-14-10-11-25(24-14)18-9-8-17-15(12-19(18)26)6-5-7-16-13-20(27-2)22(28-3)23(29-4)21(16)17/h8-13H,5-7H2,1-4H3. The monoisotopic (exact) mass is 392 g/mol. The summed E-state index contributed by atoms with van der Waals surface area (Å²) in [5, 5.41) is 4.40. The normalized spacial score (nSPS) is 12.6. The molecule has 6 heteroatoms. The lowest BCUT2D eigenvalue weighted by Crippen LogP contribution is -2.09. The minimum Gasteiger partial charge on any atom is -0.493 e. The molecule has 2 aromatic carbocycles. The number of rotatable bonds is 4. The van der Waals surface area contributed by atoms with Gasteiger partial charge in [-0.1, -0.05) is 6.07 Å². The van der Waals surface area contributed by atoms with Crippen molar-refractivity contribution < 1.29 is 14.2 Å². The van der Waals surface area contributed by atoms with Crippen LogP contribution in [-0.4, -0.2) is 31.1 Å². The van der Waals surface area contributed by atoms with E-state index in [0.29, 0.717) is 22.9 Å². The maximum atomic E-state index is 13.0. The van der Waals surface area contributed by atoms with Gasteiger partial charge in [-0.15, -0.1) is 0 Å². The molecular formula is C23H24N2O4. The van der Waals surface area contributed by atoms with Gasteiger partial charge in [-0.05, 0) is 67.1 Å². The van der Waals surface area contributed by atoms with Crippen molar-refractivity contribution in [2.75, 3.05) is 21.3 Å². The molecule has 1 aromatic heterocycles. The molecule has 0 atom stereocenters. The Kier molecular flexibility index (Phi) is 5.01. The minimum atomic E-state index is -0.0581. The summed E-state index contributed by atoms with van der Waals surface area (Å²) in [6.07, 6.45) is 4.40. The Morgan fingerprint density at radius 3 is 2.34 bits per heavy atom. The molecule has 0 aliphatic heterocycles. The van der Waals surface area contributed by atoms with Crippen molar-refractivity contribution in [1.29, 1.82) is 0 Å². The zero-order valence-electron chi connectivity index (χ0n) is 17.1. The molecule has 1 heterocycles. The fourth-order valence-electron chi connectivity index (χ4n) is 4.02. The number of benzene rings is 1. The summed E-state index contributed by atoms with van der Waals surface area (Å²) in [6, 6.07) is 9.44. The van der Waals surface area contributed by atoms with Gasteiger partial charge < -0.3 is 14.2 Å². The second kappa shape index (κ2) is 7.62. The lowest BCUT2D eigenvalue weighted by atomic mass is 9.96. The highest BCUT2D eigenvalue weighted by Crippen LogP contribution is 2.48. The summed E-state index contributed by atoms with van der Waals surface area (Å²) in [4.78, 5) is 13.0. The first kappa shape index (κ1) is 19.1. The van der Waals surface area contributed by atoms with Gasteiger partial charge in [0.2, 0.25) is 11.2 Å². The zero-order chi connectivity index (χ0) is 20.5. The van der Waals surface area contributed by atoms with Crippen molar-refractivity contribution in [2.24, 2.45) is 0 Å². The van der Waals surface area contributed by atoms with Gasteiger partial charge in [0.1, 0.15) is 5.69 Å². The van der Waals surface area contributed by atoms with E-state index in [1.165, 1.54) is 0 Å². The van der Waals surface area contributed by atoms with E-state index < -0.39 is 0 Å². The lowest BCUT2D eigenvalue weighted by Gasteiger charge is -2.19. The van der Waals surface area contributed by atoms with E-state index in [4.69, 9.17) is 14.2 Å². The van der Waals surface area contributed by atoms with Crippen LogP contribution in [0, 0.1) is 6.92 Å². The SMILES string of the molecule is COc1cc2c(c(OC)c1OC)-c1ccc(-n3ccc(C)n3)c(=O)cc1CCC2. The Labute approximate surface area is 169 Å². The maximum absolute atomic E-state index is 13.0. The number of nitrogens with zero attached hydrogens (tertiary/aromatic N) is 2. The second-order valence-electron chi connectivity index (χ2n) is 7.10. The van der Waals surface area contributed by atoms with Crippen LogP contribution >= 0.6 is 0 Å². The molecule has 0 radical (unpaired) electrons. The van der Waals surface area contributed by atoms with Crippen molar-refractivity contribution in [1.82, 2.24) is 9.78 Å². The molecule has 0 amide bonds. The lowest BCUT2D eigenvalue weighted by molar-refractivity contribution is 0.324. The van der Waals surface area contributed by atoms with Crippen LogP contribution < -0.4 is 19.6 Å². The summed E-state index contributed by atoms with van der Waals surface area (Å²) >= 11 is 0. The first-order valence-corrected chi connectivity index (χ1v) is 9.59. The predicted octanol–water partition coefficient (Wildman–Crippen LogP) is 3.72. The summed E-state index contributed by atoms with van der Waals surface area (Å²) in [5.74, 6) is 1.82. The molecule has 0 unspecified atom stereocenters. The molecule has 0 bridgehead atoms. The third kappa shape index (κ3) is 3.24. The fraction of sp³-hybridized carbons (Fsp3) is 0.304. The van der Waals surface area contributed by atoms with Gasteiger partial charge in [-0.25, -0.2) is 4.68 Å². The van der Waals surface area contributed by atoms with E-state index in [1.54, 1.807) is 38.3 Å². The number of aromatic nitrogens is 2. The van der Waals surface area contributed by atoms with Gasteiger partial charge in [0.05, 0.1) is 27.0 Å². The predicted molar refractivity (Wildman–Crippen MR) is 112 cm³/mol. The van der Waals surface area contributed by atoms with Gasteiger partial charge in [-0.3, -0.25) is 4.79 Å². The fourth-order valence-corrected chi connectivity index (χ4v) is 4.02. The van der Waals surface area contributed by atoms with Crippen molar-refractivity contribution in [2.45, 2.75) is 26.2 Å².